The van der Waals surface area contributed by atoms with Gasteiger partial charge in [0, 0.05) is 4.47 Å². The number of nitrogens with zero attached hydrogens (tertiary/aromatic N) is 3. The van der Waals surface area contributed by atoms with E-state index in [0.717, 1.165) is 27.3 Å². The molecule has 0 bridgehead atoms. The maximum atomic E-state index is 12.5. The number of H-pyrrole nitrogens is 1. The van der Waals surface area contributed by atoms with E-state index in [9.17, 15) is 9.90 Å². The fraction of sp³-hybridized carbons (Fsp3) is 0.214. The first kappa shape index (κ1) is 27.4. The van der Waals surface area contributed by atoms with Gasteiger partial charge in [-0.05, 0) is 76.8 Å². The molecule has 38 heavy (non-hydrogen) atoms. The molecule has 0 aliphatic heterocycles. The number of nitrogens with one attached hydrogen (secondary N) is 2. The monoisotopic (exact) mass is 593 g/mol. The van der Waals surface area contributed by atoms with Gasteiger partial charge < -0.3 is 9.84 Å². The van der Waals surface area contributed by atoms with Crippen molar-refractivity contribution in [2.75, 3.05) is 12.9 Å². The van der Waals surface area contributed by atoms with Gasteiger partial charge >= 0.3 is 5.16 Å². The highest BCUT2D eigenvalue weighted by Gasteiger charge is 2.25. The van der Waals surface area contributed by atoms with Crippen LogP contribution in [0.5, 0.6) is 11.5 Å². The minimum atomic E-state index is -0.325. The van der Waals surface area contributed by atoms with Gasteiger partial charge in [-0.2, -0.15) is 9.67 Å². The van der Waals surface area contributed by atoms with E-state index >= 15 is 0 Å². The molecule has 0 saturated heterocycles. The van der Waals surface area contributed by atoms with Gasteiger partial charge in [-0.3, -0.25) is 4.79 Å². The molecular formula is C28H28BrN5O3S. The first-order valence-electron chi connectivity index (χ1n) is 11.8. The van der Waals surface area contributed by atoms with E-state index in [-0.39, 0.29) is 22.8 Å². The molecule has 0 aliphatic rings. The summed E-state index contributed by atoms with van der Waals surface area (Å²) >= 11 is 4.59. The van der Waals surface area contributed by atoms with E-state index in [2.05, 4.69) is 81.7 Å². The van der Waals surface area contributed by atoms with E-state index in [0.29, 0.717) is 10.7 Å². The van der Waals surface area contributed by atoms with Gasteiger partial charge in [0.2, 0.25) is 0 Å². The number of thioether (sulfide) groups is 1. The molecule has 0 atom stereocenters. The predicted octanol–water partition coefficient (Wildman–Crippen LogP) is 4.74. The van der Waals surface area contributed by atoms with Gasteiger partial charge in [0.05, 0.1) is 29.7 Å². The normalized spacial score (nSPS) is 11.6. The Bertz CT molecular complexity index is 1450. The lowest BCUT2D eigenvalue weighted by atomic mass is 9.87. The third-order valence-electron chi connectivity index (χ3n) is 5.72. The maximum absolute atomic E-state index is 12.5. The minimum Gasteiger partial charge on any atom is -0.872 e. The number of halogens is 1. The second-order valence-corrected chi connectivity index (χ2v) is 11.3. The number of methoxy groups -OCH3 is 1. The number of hydrogen-bond acceptors (Lipinski definition) is 6. The zero-order valence-corrected chi connectivity index (χ0v) is 23.9. The van der Waals surface area contributed by atoms with Crippen LogP contribution in [0.2, 0.25) is 0 Å². The number of rotatable bonds is 8. The molecule has 1 amide bonds. The van der Waals surface area contributed by atoms with Crippen molar-refractivity contribution in [3.63, 3.8) is 0 Å². The van der Waals surface area contributed by atoms with Crippen LogP contribution in [-0.2, 0) is 10.2 Å². The lowest BCUT2D eigenvalue weighted by Crippen LogP contribution is -2.34. The molecule has 0 spiro atoms. The molecule has 196 valence electrons. The number of aromatic nitrogens is 3. The van der Waals surface area contributed by atoms with Crippen molar-refractivity contribution < 1.29 is 19.2 Å². The Morgan fingerprint density at radius 1 is 1.16 bits per heavy atom. The molecule has 10 heteroatoms. The second kappa shape index (κ2) is 11.8. The molecule has 1 heterocycles. The summed E-state index contributed by atoms with van der Waals surface area (Å²) in [5, 5.41) is 24.1. The summed E-state index contributed by atoms with van der Waals surface area (Å²) in [4.78, 5) is 12.5. The third-order valence-corrected chi connectivity index (χ3v) is 7.16. The molecule has 4 aromatic rings. The lowest BCUT2D eigenvalue weighted by molar-refractivity contribution is -0.625. The predicted molar refractivity (Wildman–Crippen MR) is 151 cm³/mol. The number of aromatic amines is 1. The first-order chi connectivity index (χ1) is 18.2. The van der Waals surface area contributed by atoms with Crippen molar-refractivity contribution in [2.45, 2.75) is 31.3 Å². The van der Waals surface area contributed by atoms with Crippen LogP contribution in [-0.4, -0.2) is 35.2 Å². The molecule has 2 N–H and O–H groups in total. The number of carbonyl (C=O) groups is 1. The molecule has 0 radical (unpaired) electrons. The molecule has 0 aliphatic carbocycles. The van der Waals surface area contributed by atoms with Crippen LogP contribution in [0.15, 0.2) is 81.5 Å². The van der Waals surface area contributed by atoms with E-state index in [1.54, 1.807) is 19.2 Å². The van der Waals surface area contributed by atoms with Gasteiger partial charge in [-0.15, -0.1) is 5.10 Å². The van der Waals surface area contributed by atoms with Crippen LogP contribution >= 0.6 is 27.7 Å². The number of amides is 1. The zero-order valence-electron chi connectivity index (χ0n) is 21.5. The third kappa shape index (κ3) is 6.62. The average molecular weight is 595 g/mol. The Balaban J connectivity index is 1.55. The molecule has 4 rings (SSSR count). The Morgan fingerprint density at radius 3 is 2.53 bits per heavy atom. The number of carbonyl (C=O) groups excluding carboxylic acids is 1. The van der Waals surface area contributed by atoms with Crippen LogP contribution in [0.1, 0.15) is 31.9 Å². The Hall–Kier alpha value is -3.63. The van der Waals surface area contributed by atoms with Crippen molar-refractivity contribution in [3.8, 4) is 28.6 Å². The minimum absolute atomic E-state index is 0.0432. The highest BCUT2D eigenvalue weighted by molar-refractivity contribution is 9.10. The molecular weight excluding hydrogens is 566 g/mol. The van der Waals surface area contributed by atoms with Crippen LogP contribution in [0.25, 0.3) is 17.1 Å². The number of hydrogen-bond donors (Lipinski definition) is 2. The van der Waals surface area contributed by atoms with Gasteiger partial charge in [-0.25, -0.2) is 5.43 Å². The summed E-state index contributed by atoms with van der Waals surface area (Å²) in [5.41, 5.74) is 5.95. The SMILES string of the molecule is COc1ccc(-[n+]2c(SCC(=O)NN=Cc3cc(Br)ccc3[O-])n[nH]c2-c2ccc(C(C)(C)C)cc2)cc1. The van der Waals surface area contributed by atoms with Crippen molar-refractivity contribution in [3.05, 3.63) is 82.3 Å². The first-order valence-corrected chi connectivity index (χ1v) is 13.6. The van der Waals surface area contributed by atoms with Crippen molar-refractivity contribution in [1.29, 1.82) is 0 Å². The standard InChI is InChI=1S/C28H28BrN5O3S/c1-28(2,3)20-7-5-18(6-8-20)26-32-33-27(34(26)22-10-12-23(37-4)13-11-22)38-17-25(36)31-30-16-19-15-21(29)9-14-24(19)35/h5-16H,17H2,1-4H3,(H2,30,31,35,36). The van der Waals surface area contributed by atoms with Crippen LogP contribution in [0.4, 0.5) is 0 Å². The van der Waals surface area contributed by atoms with Crippen molar-refractivity contribution in [1.82, 2.24) is 15.6 Å². The fourth-order valence-electron chi connectivity index (χ4n) is 3.64. The van der Waals surface area contributed by atoms with Crippen molar-refractivity contribution >= 4 is 39.8 Å². The van der Waals surface area contributed by atoms with E-state index in [1.165, 1.54) is 29.6 Å². The Labute approximate surface area is 234 Å². The van der Waals surface area contributed by atoms with E-state index in [1.807, 2.05) is 28.8 Å². The van der Waals surface area contributed by atoms with E-state index < -0.39 is 0 Å². The summed E-state index contributed by atoms with van der Waals surface area (Å²) in [7, 11) is 1.62. The van der Waals surface area contributed by atoms with E-state index in [4.69, 9.17) is 4.74 Å². The molecule has 8 nitrogen and oxygen atoms in total. The smallest absolute Gasteiger partial charge is 0.342 e. The highest BCUT2D eigenvalue weighted by Crippen LogP contribution is 2.26. The van der Waals surface area contributed by atoms with Crippen molar-refractivity contribution in [2.24, 2.45) is 5.10 Å². The van der Waals surface area contributed by atoms with Gasteiger partial charge in [0.25, 0.3) is 11.7 Å². The fourth-order valence-corrected chi connectivity index (χ4v) is 4.78. The molecule has 0 saturated carbocycles. The lowest BCUT2D eigenvalue weighted by Gasteiger charge is -2.18. The van der Waals surface area contributed by atoms with Crippen LogP contribution in [0.3, 0.4) is 0 Å². The number of hydrazone groups is 1. The van der Waals surface area contributed by atoms with Crippen LogP contribution in [0, 0.1) is 0 Å². The van der Waals surface area contributed by atoms with Crippen LogP contribution < -0.4 is 19.8 Å². The molecule has 0 fully saturated rings. The molecule has 3 aromatic carbocycles. The summed E-state index contributed by atoms with van der Waals surface area (Å²) < 4.78 is 8.04. The topological polar surface area (TPSA) is 106 Å². The highest BCUT2D eigenvalue weighted by atomic mass is 79.9. The Morgan fingerprint density at radius 2 is 1.87 bits per heavy atom. The molecule has 0 unspecified atom stereocenters. The van der Waals surface area contributed by atoms with Gasteiger partial charge in [0.15, 0.2) is 0 Å². The summed E-state index contributed by atoms with van der Waals surface area (Å²) in [6.45, 7) is 6.54. The Kier molecular flexibility index (Phi) is 8.53. The number of ether oxygens (including phenoxy) is 1. The summed E-state index contributed by atoms with van der Waals surface area (Å²) in [6, 6.07) is 20.7. The largest absolute Gasteiger partial charge is 0.872 e. The zero-order chi connectivity index (χ0) is 27.3. The quantitative estimate of drug-likeness (QED) is 0.133. The summed E-state index contributed by atoms with van der Waals surface area (Å²) in [5.74, 6) is 1.10. The summed E-state index contributed by atoms with van der Waals surface area (Å²) in [6.07, 6.45) is 1.33. The average Bonchev–Trinajstić information content (AvgIpc) is 3.33. The van der Waals surface area contributed by atoms with Gasteiger partial charge in [0.1, 0.15) is 11.4 Å². The van der Waals surface area contributed by atoms with Gasteiger partial charge in [-0.1, -0.05) is 60.6 Å². The number of benzene rings is 3. The molecule has 1 aromatic heterocycles. The maximum Gasteiger partial charge on any atom is 0.342 e. The second-order valence-electron chi connectivity index (χ2n) is 9.48.